The third-order valence-electron chi connectivity index (χ3n) is 3.93. The van der Waals surface area contributed by atoms with Crippen LogP contribution in [-0.2, 0) is 11.3 Å². The second-order valence-electron chi connectivity index (χ2n) is 5.31. The smallest absolute Gasteiger partial charge is 0.270 e. The second kappa shape index (κ2) is 6.32. The van der Waals surface area contributed by atoms with Crippen molar-refractivity contribution in [2.24, 2.45) is 0 Å². The van der Waals surface area contributed by atoms with Gasteiger partial charge >= 0.3 is 0 Å². The van der Waals surface area contributed by atoms with Gasteiger partial charge in [0.25, 0.3) is 5.91 Å². The number of carbonyl (C=O) groups excluding carboxylic acids is 1. The average molecular weight is 302 g/mol. The van der Waals surface area contributed by atoms with Crippen molar-refractivity contribution in [2.45, 2.75) is 13.5 Å². The van der Waals surface area contributed by atoms with Crippen molar-refractivity contribution in [3.63, 3.8) is 0 Å². The van der Waals surface area contributed by atoms with Crippen LogP contribution in [-0.4, -0.2) is 41.7 Å². The van der Waals surface area contributed by atoms with Gasteiger partial charge in [-0.1, -0.05) is 12.1 Å². The Hall–Kier alpha value is -2.14. The largest absolute Gasteiger partial charge is 0.378 e. The molecule has 4 nitrogen and oxygen atoms in total. The summed E-state index contributed by atoms with van der Waals surface area (Å²) in [5.74, 6) is -0.234. The van der Waals surface area contributed by atoms with Gasteiger partial charge in [-0.3, -0.25) is 4.79 Å². The van der Waals surface area contributed by atoms with Gasteiger partial charge in [-0.05, 0) is 30.7 Å². The summed E-state index contributed by atoms with van der Waals surface area (Å²) < 4.78 is 20.3. The quantitative estimate of drug-likeness (QED) is 0.874. The van der Waals surface area contributed by atoms with Crippen molar-refractivity contribution in [2.75, 3.05) is 26.3 Å². The standard InChI is InChI=1S/C17H19FN2O2/c1-2-19-12-14(13-3-5-15(18)6-4-13)11-16(19)17(21)20-7-9-22-10-8-20/h3-6,11-12H,2,7-10H2,1H3. The van der Waals surface area contributed by atoms with Crippen LogP contribution in [0.5, 0.6) is 0 Å². The molecule has 0 N–H and O–H groups in total. The van der Waals surface area contributed by atoms with Crippen LogP contribution in [0.1, 0.15) is 17.4 Å². The van der Waals surface area contributed by atoms with E-state index < -0.39 is 0 Å². The molecule has 1 fully saturated rings. The Morgan fingerprint density at radius 1 is 1.18 bits per heavy atom. The molecular formula is C17H19FN2O2. The average Bonchev–Trinajstić information content (AvgIpc) is 3.00. The summed E-state index contributed by atoms with van der Waals surface area (Å²) in [5, 5.41) is 0. The predicted molar refractivity (Wildman–Crippen MR) is 82.2 cm³/mol. The number of ether oxygens (including phenoxy) is 1. The number of halogens is 1. The van der Waals surface area contributed by atoms with Crippen molar-refractivity contribution >= 4 is 5.91 Å². The number of aromatic nitrogens is 1. The molecule has 1 aromatic heterocycles. The molecule has 22 heavy (non-hydrogen) atoms. The highest BCUT2D eigenvalue weighted by Gasteiger charge is 2.22. The van der Waals surface area contributed by atoms with Crippen molar-refractivity contribution in [1.29, 1.82) is 0 Å². The van der Waals surface area contributed by atoms with Gasteiger partial charge in [0, 0.05) is 31.4 Å². The highest BCUT2D eigenvalue weighted by Crippen LogP contribution is 2.23. The second-order valence-corrected chi connectivity index (χ2v) is 5.31. The van der Waals surface area contributed by atoms with Crippen LogP contribution in [0.15, 0.2) is 36.5 Å². The van der Waals surface area contributed by atoms with E-state index in [2.05, 4.69) is 0 Å². The number of morpholine rings is 1. The monoisotopic (exact) mass is 302 g/mol. The Labute approximate surface area is 129 Å². The maximum absolute atomic E-state index is 13.0. The van der Waals surface area contributed by atoms with Crippen LogP contribution >= 0.6 is 0 Å². The lowest BCUT2D eigenvalue weighted by atomic mass is 10.1. The third kappa shape index (κ3) is 2.90. The van der Waals surface area contributed by atoms with Gasteiger partial charge < -0.3 is 14.2 Å². The summed E-state index contributed by atoms with van der Waals surface area (Å²) in [6.07, 6.45) is 1.95. The molecule has 1 aliphatic rings. The van der Waals surface area contributed by atoms with Gasteiger partial charge in [-0.2, -0.15) is 0 Å². The van der Waals surface area contributed by atoms with E-state index in [0.29, 0.717) is 38.5 Å². The van der Waals surface area contributed by atoms with Gasteiger partial charge in [-0.15, -0.1) is 0 Å². The number of carbonyl (C=O) groups is 1. The lowest BCUT2D eigenvalue weighted by molar-refractivity contribution is 0.0296. The summed E-state index contributed by atoms with van der Waals surface area (Å²) in [7, 11) is 0. The maximum Gasteiger partial charge on any atom is 0.270 e. The minimum absolute atomic E-state index is 0.0264. The number of nitrogens with zero attached hydrogens (tertiary/aromatic N) is 2. The molecule has 1 aliphatic heterocycles. The van der Waals surface area contributed by atoms with Crippen LogP contribution in [0.2, 0.25) is 0 Å². The molecule has 2 aromatic rings. The molecule has 0 atom stereocenters. The fourth-order valence-electron chi connectivity index (χ4n) is 2.68. The molecule has 5 heteroatoms. The number of rotatable bonds is 3. The Kier molecular flexibility index (Phi) is 4.24. The van der Waals surface area contributed by atoms with E-state index in [1.165, 1.54) is 12.1 Å². The van der Waals surface area contributed by atoms with Crippen LogP contribution in [0.25, 0.3) is 11.1 Å². The zero-order valence-corrected chi connectivity index (χ0v) is 12.6. The molecule has 0 unspecified atom stereocenters. The van der Waals surface area contributed by atoms with Gasteiger partial charge in [0.15, 0.2) is 0 Å². The SMILES string of the molecule is CCn1cc(-c2ccc(F)cc2)cc1C(=O)N1CCOCC1. The third-order valence-corrected chi connectivity index (χ3v) is 3.93. The fourth-order valence-corrected chi connectivity index (χ4v) is 2.68. The van der Waals surface area contributed by atoms with Gasteiger partial charge in [0.1, 0.15) is 11.5 Å². The first-order chi connectivity index (χ1) is 10.7. The van der Waals surface area contributed by atoms with Gasteiger partial charge in [0.2, 0.25) is 0 Å². The van der Waals surface area contributed by atoms with Crippen LogP contribution in [0.3, 0.4) is 0 Å². The molecule has 0 bridgehead atoms. The predicted octanol–water partition coefficient (Wildman–Crippen LogP) is 2.79. The van der Waals surface area contributed by atoms with E-state index in [1.807, 2.05) is 28.7 Å². The maximum atomic E-state index is 13.0. The van der Waals surface area contributed by atoms with Gasteiger partial charge in [-0.25, -0.2) is 4.39 Å². The van der Waals surface area contributed by atoms with Crippen molar-refractivity contribution in [3.8, 4) is 11.1 Å². The summed E-state index contributed by atoms with van der Waals surface area (Å²) in [4.78, 5) is 14.5. The van der Waals surface area contributed by atoms with E-state index >= 15 is 0 Å². The number of hydrogen-bond donors (Lipinski definition) is 0. The Bertz CT molecular complexity index is 658. The topological polar surface area (TPSA) is 34.5 Å². The van der Waals surface area contributed by atoms with E-state index in [-0.39, 0.29) is 11.7 Å². The zero-order valence-electron chi connectivity index (χ0n) is 12.6. The normalized spacial score (nSPS) is 15.1. The van der Waals surface area contributed by atoms with Crippen LogP contribution in [0.4, 0.5) is 4.39 Å². The zero-order chi connectivity index (χ0) is 15.5. The number of amides is 1. The molecule has 0 radical (unpaired) electrons. The molecule has 1 aromatic carbocycles. The number of aryl methyl sites for hydroxylation is 1. The van der Waals surface area contributed by atoms with Crippen molar-refractivity contribution in [1.82, 2.24) is 9.47 Å². The molecule has 0 saturated carbocycles. The Balaban J connectivity index is 1.90. The van der Waals surface area contributed by atoms with E-state index in [4.69, 9.17) is 4.74 Å². The molecule has 116 valence electrons. The van der Waals surface area contributed by atoms with E-state index in [1.54, 1.807) is 12.1 Å². The Morgan fingerprint density at radius 3 is 2.50 bits per heavy atom. The van der Waals surface area contributed by atoms with Crippen molar-refractivity contribution < 1.29 is 13.9 Å². The number of hydrogen-bond acceptors (Lipinski definition) is 2. The summed E-state index contributed by atoms with van der Waals surface area (Å²) in [6.45, 7) is 5.14. The molecule has 0 aliphatic carbocycles. The molecule has 1 amide bonds. The van der Waals surface area contributed by atoms with Crippen LogP contribution in [0, 0.1) is 5.82 Å². The highest BCUT2D eigenvalue weighted by atomic mass is 19.1. The molecular weight excluding hydrogens is 283 g/mol. The van der Waals surface area contributed by atoms with Crippen LogP contribution < -0.4 is 0 Å². The Morgan fingerprint density at radius 2 is 1.86 bits per heavy atom. The van der Waals surface area contributed by atoms with Gasteiger partial charge in [0.05, 0.1) is 13.2 Å². The molecule has 0 spiro atoms. The number of benzene rings is 1. The lowest BCUT2D eigenvalue weighted by Crippen LogP contribution is -2.41. The first kappa shape index (κ1) is 14.8. The first-order valence-corrected chi connectivity index (χ1v) is 7.52. The molecule has 3 rings (SSSR count). The minimum atomic E-state index is -0.261. The van der Waals surface area contributed by atoms with E-state index in [9.17, 15) is 9.18 Å². The molecule has 1 saturated heterocycles. The lowest BCUT2D eigenvalue weighted by Gasteiger charge is -2.27. The van der Waals surface area contributed by atoms with E-state index in [0.717, 1.165) is 11.1 Å². The fraction of sp³-hybridized carbons (Fsp3) is 0.353. The first-order valence-electron chi connectivity index (χ1n) is 7.52. The molecule has 2 heterocycles. The van der Waals surface area contributed by atoms with Crippen molar-refractivity contribution in [3.05, 3.63) is 48.0 Å². The minimum Gasteiger partial charge on any atom is -0.378 e. The summed E-state index contributed by atoms with van der Waals surface area (Å²) in [6, 6.07) is 8.21. The summed E-state index contributed by atoms with van der Waals surface area (Å²) >= 11 is 0. The summed E-state index contributed by atoms with van der Waals surface area (Å²) in [5.41, 5.74) is 2.51. The highest BCUT2D eigenvalue weighted by molar-refractivity contribution is 5.94.